The Balaban J connectivity index is 2.51. The first-order chi connectivity index (χ1) is 8.59. The molecule has 0 fully saturated rings. The van der Waals surface area contributed by atoms with Crippen molar-refractivity contribution in [2.75, 3.05) is 12.8 Å². The Hall–Kier alpha value is -0.980. The Morgan fingerprint density at radius 2 is 1.95 bits per heavy atom. The van der Waals surface area contributed by atoms with Crippen LogP contribution in [-0.2, 0) is 16.6 Å². The van der Waals surface area contributed by atoms with E-state index < -0.39 is 15.6 Å². The van der Waals surface area contributed by atoms with Crippen molar-refractivity contribution in [1.82, 2.24) is 10.0 Å². The first-order valence-corrected chi connectivity index (χ1v) is 7.93. The van der Waals surface area contributed by atoms with Gasteiger partial charge < -0.3 is 5.32 Å². The zero-order chi connectivity index (χ0) is 14.7. The first-order valence-electron chi connectivity index (χ1n) is 6.04. The third-order valence-corrected chi connectivity index (χ3v) is 3.52. The van der Waals surface area contributed by atoms with E-state index in [9.17, 15) is 12.8 Å². The largest absolute Gasteiger partial charge is 0.311 e. The van der Waals surface area contributed by atoms with Gasteiger partial charge in [0.05, 0.1) is 6.26 Å². The van der Waals surface area contributed by atoms with Gasteiger partial charge in [0.25, 0.3) is 0 Å². The standard InChI is InChI=1S/C13H21FN2O2S/c1-10-5-6-11(7-12(10)14)8-15-9-13(2,3)16-19(4,17)18/h5-7,15-16H,8-9H2,1-4H3. The van der Waals surface area contributed by atoms with Gasteiger partial charge in [-0.1, -0.05) is 12.1 Å². The van der Waals surface area contributed by atoms with Crippen LogP contribution in [0.25, 0.3) is 0 Å². The molecule has 1 rings (SSSR count). The Kier molecular flexibility index (Phi) is 5.06. The molecule has 0 aliphatic heterocycles. The molecule has 108 valence electrons. The second kappa shape index (κ2) is 5.98. The van der Waals surface area contributed by atoms with E-state index in [0.717, 1.165) is 11.8 Å². The predicted molar refractivity (Wildman–Crippen MR) is 74.9 cm³/mol. The molecule has 2 N–H and O–H groups in total. The van der Waals surface area contributed by atoms with E-state index in [4.69, 9.17) is 0 Å². The summed E-state index contributed by atoms with van der Waals surface area (Å²) >= 11 is 0. The summed E-state index contributed by atoms with van der Waals surface area (Å²) in [5.74, 6) is -0.229. The maximum Gasteiger partial charge on any atom is 0.209 e. The van der Waals surface area contributed by atoms with E-state index in [1.54, 1.807) is 26.8 Å². The smallest absolute Gasteiger partial charge is 0.209 e. The summed E-state index contributed by atoms with van der Waals surface area (Å²) in [5, 5.41) is 3.12. The van der Waals surface area contributed by atoms with Crippen LogP contribution >= 0.6 is 0 Å². The van der Waals surface area contributed by atoms with Gasteiger partial charge in [0.2, 0.25) is 10.0 Å². The van der Waals surface area contributed by atoms with Gasteiger partial charge >= 0.3 is 0 Å². The lowest BCUT2D eigenvalue weighted by Crippen LogP contribution is -2.49. The maximum atomic E-state index is 13.3. The van der Waals surface area contributed by atoms with Gasteiger partial charge in [0.1, 0.15) is 5.82 Å². The van der Waals surface area contributed by atoms with Gasteiger partial charge in [-0.25, -0.2) is 17.5 Å². The number of aryl methyl sites for hydroxylation is 1. The second-order valence-corrected chi connectivity index (χ2v) is 7.19. The fourth-order valence-electron chi connectivity index (χ4n) is 1.80. The highest BCUT2D eigenvalue weighted by molar-refractivity contribution is 7.88. The molecular formula is C13H21FN2O2S. The van der Waals surface area contributed by atoms with Crippen LogP contribution in [0.3, 0.4) is 0 Å². The molecule has 0 saturated heterocycles. The monoisotopic (exact) mass is 288 g/mol. The Morgan fingerprint density at radius 3 is 2.47 bits per heavy atom. The SMILES string of the molecule is Cc1ccc(CNCC(C)(C)NS(C)(=O)=O)cc1F. The summed E-state index contributed by atoms with van der Waals surface area (Å²) < 4.78 is 38.2. The quantitative estimate of drug-likeness (QED) is 0.835. The molecule has 0 saturated carbocycles. The van der Waals surface area contributed by atoms with Crippen LogP contribution in [0.1, 0.15) is 25.0 Å². The lowest BCUT2D eigenvalue weighted by Gasteiger charge is -2.25. The molecule has 1 aromatic rings. The van der Waals surface area contributed by atoms with E-state index in [2.05, 4.69) is 10.0 Å². The van der Waals surface area contributed by atoms with E-state index in [0.29, 0.717) is 18.7 Å². The highest BCUT2D eigenvalue weighted by atomic mass is 32.2. The van der Waals surface area contributed by atoms with E-state index in [1.165, 1.54) is 6.07 Å². The zero-order valence-corrected chi connectivity index (χ0v) is 12.6. The molecule has 0 radical (unpaired) electrons. The molecule has 0 heterocycles. The van der Waals surface area contributed by atoms with Crippen molar-refractivity contribution in [3.05, 3.63) is 35.1 Å². The van der Waals surface area contributed by atoms with Gasteiger partial charge in [-0.2, -0.15) is 0 Å². The van der Waals surface area contributed by atoms with Crippen molar-refractivity contribution in [1.29, 1.82) is 0 Å². The van der Waals surface area contributed by atoms with Crippen LogP contribution < -0.4 is 10.0 Å². The molecule has 0 amide bonds. The number of halogens is 1. The minimum atomic E-state index is -3.24. The lowest BCUT2D eigenvalue weighted by molar-refractivity contribution is 0.421. The van der Waals surface area contributed by atoms with Crippen LogP contribution in [0.5, 0.6) is 0 Å². The first kappa shape index (κ1) is 16.1. The molecular weight excluding hydrogens is 267 g/mol. The fourth-order valence-corrected chi connectivity index (χ4v) is 2.88. The average molecular weight is 288 g/mol. The minimum Gasteiger partial charge on any atom is -0.311 e. The number of hydrogen-bond acceptors (Lipinski definition) is 3. The highest BCUT2D eigenvalue weighted by Gasteiger charge is 2.21. The summed E-state index contributed by atoms with van der Waals surface area (Å²) in [7, 11) is -3.24. The van der Waals surface area contributed by atoms with E-state index >= 15 is 0 Å². The van der Waals surface area contributed by atoms with Crippen LogP contribution in [0.15, 0.2) is 18.2 Å². The van der Waals surface area contributed by atoms with Crippen LogP contribution in [0.2, 0.25) is 0 Å². The summed E-state index contributed by atoms with van der Waals surface area (Å²) in [6.45, 7) is 6.24. The average Bonchev–Trinajstić information content (AvgIpc) is 2.19. The van der Waals surface area contributed by atoms with Crippen molar-refractivity contribution in [2.45, 2.75) is 32.9 Å². The number of nitrogens with one attached hydrogen (secondary N) is 2. The number of rotatable bonds is 6. The molecule has 0 atom stereocenters. The van der Waals surface area contributed by atoms with Crippen LogP contribution in [0, 0.1) is 12.7 Å². The number of sulfonamides is 1. The molecule has 6 heteroatoms. The molecule has 0 bridgehead atoms. The molecule has 0 unspecified atom stereocenters. The summed E-state index contributed by atoms with van der Waals surface area (Å²) in [6, 6.07) is 5.06. The third-order valence-electron chi connectivity index (χ3n) is 2.59. The van der Waals surface area contributed by atoms with Crippen molar-refractivity contribution in [2.24, 2.45) is 0 Å². The second-order valence-electron chi connectivity index (χ2n) is 5.45. The molecule has 0 aromatic heterocycles. The Bertz CT molecular complexity index is 542. The molecule has 1 aromatic carbocycles. The van der Waals surface area contributed by atoms with Crippen molar-refractivity contribution < 1.29 is 12.8 Å². The van der Waals surface area contributed by atoms with Gasteiger partial charge in [0, 0.05) is 18.6 Å². The molecule has 19 heavy (non-hydrogen) atoms. The summed E-state index contributed by atoms with van der Waals surface area (Å²) in [5.41, 5.74) is 0.859. The van der Waals surface area contributed by atoms with Gasteiger partial charge in [-0.3, -0.25) is 0 Å². The topological polar surface area (TPSA) is 58.2 Å². The highest BCUT2D eigenvalue weighted by Crippen LogP contribution is 2.09. The van der Waals surface area contributed by atoms with Crippen LogP contribution in [-0.4, -0.2) is 26.8 Å². The van der Waals surface area contributed by atoms with Gasteiger partial charge in [-0.15, -0.1) is 0 Å². The van der Waals surface area contributed by atoms with Crippen molar-refractivity contribution in [3.8, 4) is 0 Å². The molecule has 0 aliphatic carbocycles. The zero-order valence-electron chi connectivity index (χ0n) is 11.7. The van der Waals surface area contributed by atoms with E-state index in [-0.39, 0.29) is 5.82 Å². The fraction of sp³-hybridized carbons (Fsp3) is 0.538. The summed E-state index contributed by atoms with van der Waals surface area (Å²) in [4.78, 5) is 0. The molecule has 0 spiro atoms. The van der Waals surface area contributed by atoms with Crippen molar-refractivity contribution >= 4 is 10.0 Å². The van der Waals surface area contributed by atoms with E-state index in [1.807, 2.05) is 6.07 Å². The van der Waals surface area contributed by atoms with Crippen LogP contribution in [0.4, 0.5) is 4.39 Å². The minimum absolute atomic E-state index is 0.229. The molecule has 0 aliphatic rings. The lowest BCUT2D eigenvalue weighted by atomic mass is 10.1. The Morgan fingerprint density at radius 1 is 1.32 bits per heavy atom. The van der Waals surface area contributed by atoms with Gasteiger partial charge in [-0.05, 0) is 38.0 Å². The Labute approximate surface area is 114 Å². The van der Waals surface area contributed by atoms with Gasteiger partial charge in [0.15, 0.2) is 0 Å². The predicted octanol–water partition coefficient (Wildman–Crippen LogP) is 1.55. The molecule has 4 nitrogen and oxygen atoms in total. The normalized spacial score (nSPS) is 12.7. The number of hydrogen-bond donors (Lipinski definition) is 2. The third kappa shape index (κ3) is 6.13. The number of benzene rings is 1. The maximum absolute atomic E-state index is 13.3. The summed E-state index contributed by atoms with van der Waals surface area (Å²) in [6.07, 6.45) is 1.13. The van der Waals surface area contributed by atoms with Crippen molar-refractivity contribution in [3.63, 3.8) is 0 Å².